The Labute approximate surface area is 271 Å². The Bertz CT molecular complexity index is 1910. The Kier molecular flexibility index (Phi) is 6.86. The van der Waals surface area contributed by atoms with E-state index in [1.54, 1.807) is 0 Å². The Morgan fingerprint density at radius 2 is 1.61 bits per heavy atom. The van der Waals surface area contributed by atoms with Crippen molar-refractivity contribution in [1.82, 2.24) is 20.6 Å². The van der Waals surface area contributed by atoms with Crippen LogP contribution >= 0.6 is 0 Å². The van der Waals surface area contributed by atoms with Gasteiger partial charge in [-0.15, -0.1) is 0 Å². The number of aliphatic imine (C=N–C) groups is 1. The summed E-state index contributed by atoms with van der Waals surface area (Å²) in [6, 6.07) is 18.4. The van der Waals surface area contributed by atoms with Gasteiger partial charge in [-0.1, -0.05) is 43.3 Å². The number of nitrogens with zero attached hydrogens (tertiary/aromatic N) is 2. The molecule has 0 amide bonds. The van der Waals surface area contributed by atoms with Gasteiger partial charge >= 0.3 is 0 Å². The predicted molar refractivity (Wildman–Crippen MR) is 187 cm³/mol. The number of hydrogen-bond acceptors (Lipinski definition) is 5. The van der Waals surface area contributed by atoms with Crippen molar-refractivity contribution in [3.63, 3.8) is 0 Å². The van der Waals surface area contributed by atoms with Crippen LogP contribution in [-0.2, 0) is 6.42 Å². The highest BCUT2D eigenvalue weighted by atomic mass is 16.1. The fraction of sp³-hybridized carbons (Fsp3) is 0.425. The summed E-state index contributed by atoms with van der Waals surface area (Å²) in [7, 11) is 0. The van der Waals surface area contributed by atoms with Crippen molar-refractivity contribution in [2.24, 2.45) is 16.3 Å². The molecule has 3 fully saturated rings. The number of rotatable bonds is 4. The molecule has 4 heterocycles. The first-order chi connectivity index (χ1) is 22.5. The van der Waals surface area contributed by atoms with Gasteiger partial charge in [-0.05, 0) is 129 Å². The van der Waals surface area contributed by atoms with Gasteiger partial charge in [0, 0.05) is 34.7 Å². The number of carbonyl (C=O) groups is 1. The lowest BCUT2D eigenvalue weighted by atomic mass is 9.68. The van der Waals surface area contributed by atoms with Gasteiger partial charge < -0.3 is 15.6 Å². The Morgan fingerprint density at radius 3 is 2.41 bits per heavy atom. The molecule has 2 saturated heterocycles. The zero-order chi connectivity index (χ0) is 30.8. The summed E-state index contributed by atoms with van der Waals surface area (Å²) in [6.07, 6.45) is 15.1. The average Bonchev–Trinajstić information content (AvgIpc) is 3.89. The number of H-pyrrole nitrogens is 1. The number of nitrogens with one attached hydrogen (secondary N) is 3. The minimum absolute atomic E-state index is 0.280. The minimum Gasteiger partial charge on any atom is -0.341 e. The molecule has 1 saturated carbocycles. The van der Waals surface area contributed by atoms with Crippen LogP contribution in [0.15, 0.2) is 59.6 Å². The second-order valence-corrected chi connectivity index (χ2v) is 14.6. The maximum Gasteiger partial charge on any atom is 0.170 e. The van der Waals surface area contributed by atoms with Crippen molar-refractivity contribution in [3.05, 3.63) is 77.1 Å². The molecule has 5 aliphatic rings. The third-order valence-electron chi connectivity index (χ3n) is 11.7. The average molecular weight is 610 g/mol. The first-order valence-corrected chi connectivity index (χ1v) is 17.6. The van der Waals surface area contributed by atoms with E-state index < -0.39 is 0 Å². The summed E-state index contributed by atoms with van der Waals surface area (Å²) in [5.74, 6) is 2.07. The van der Waals surface area contributed by atoms with Gasteiger partial charge in [0.2, 0.25) is 0 Å². The Hall–Kier alpha value is -3.87. The molecule has 6 heteroatoms. The van der Waals surface area contributed by atoms with Crippen molar-refractivity contribution >= 4 is 34.3 Å². The van der Waals surface area contributed by atoms with Crippen LogP contribution in [0.2, 0.25) is 0 Å². The normalized spacial score (nSPS) is 27.3. The molecule has 2 unspecified atom stereocenters. The van der Waals surface area contributed by atoms with Gasteiger partial charge in [0.25, 0.3) is 0 Å². The van der Waals surface area contributed by atoms with Crippen molar-refractivity contribution < 1.29 is 4.79 Å². The number of fused-ring (bicyclic) bond motifs is 3. The van der Waals surface area contributed by atoms with Crippen molar-refractivity contribution in [3.8, 4) is 22.3 Å². The summed E-state index contributed by atoms with van der Waals surface area (Å²) in [4.78, 5) is 28.3. The van der Waals surface area contributed by atoms with Crippen LogP contribution in [0, 0.1) is 11.3 Å². The maximum absolute atomic E-state index is 14.7. The maximum atomic E-state index is 14.7. The molecular weight excluding hydrogens is 566 g/mol. The second kappa shape index (κ2) is 11.1. The quantitative estimate of drug-likeness (QED) is 0.217. The third-order valence-corrected chi connectivity index (χ3v) is 11.7. The monoisotopic (exact) mass is 609 g/mol. The lowest BCUT2D eigenvalue weighted by Crippen LogP contribution is -2.32. The molecule has 2 aliphatic carbocycles. The van der Waals surface area contributed by atoms with E-state index in [9.17, 15) is 4.79 Å². The number of hydrogen-bond donors (Lipinski definition) is 3. The molecule has 3 aromatic carbocycles. The molecule has 6 nitrogen and oxygen atoms in total. The van der Waals surface area contributed by atoms with E-state index in [-0.39, 0.29) is 5.41 Å². The molecule has 2 atom stereocenters. The first kappa shape index (κ1) is 28.4. The first-order valence-electron chi connectivity index (χ1n) is 17.6. The molecule has 3 aliphatic heterocycles. The lowest BCUT2D eigenvalue weighted by molar-refractivity contribution is 0.0714. The van der Waals surface area contributed by atoms with E-state index in [4.69, 9.17) is 9.98 Å². The van der Waals surface area contributed by atoms with Crippen LogP contribution in [-0.4, -0.2) is 40.6 Å². The van der Waals surface area contributed by atoms with Crippen molar-refractivity contribution in [1.29, 1.82) is 0 Å². The van der Waals surface area contributed by atoms with E-state index in [2.05, 4.69) is 83.2 Å². The van der Waals surface area contributed by atoms with E-state index in [1.807, 2.05) is 0 Å². The van der Waals surface area contributed by atoms with Crippen LogP contribution in [0.5, 0.6) is 0 Å². The van der Waals surface area contributed by atoms with Crippen LogP contribution in [0.25, 0.3) is 39.4 Å². The standard InChI is InChI=1S/C40H43N5O/c1-24-15-17-40(18-16-24)23-30-28(25-9-13-31-27(21-25)5-2-6-33(43-31)32-7-3-19-41-32)11-12-29(37(30)38(40)46)26-10-14-34-36(22-26)45-39(44-34)35-8-4-20-42-35/h2,5,9-14,21-22,24,32,35,41-42H,3-4,6-8,15-20,23H2,1H3,(H,44,45). The number of benzene rings is 3. The number of Topliss-reactive ketones (excluding diaryl/α,β-unsaturated/α-hetero) is 1. The van der Waals surface area contributed by atoms with Gasteiger partial charge in [-0.2, -0.15) is 0 Å². The molecule has 0 bridgehead atoms. The Balaban J connectivity index is 1.14. The Morgan fingerprint density at radius 1 is 0.848 bits per heavy atom. The van der Waals surface area contributed by atoms with Crippen LogP contribution in [0.4, 0.5) is 5.69 Å². The van der Waals surface area contributed by atoms with Gasteiger partial charge in [0.1, 0.15) is 5.82 Å². The highest BCUT2D eigenvalue weighted by Crippen LogP contribution is 2.53. The fourth-order valence-corrected chi connectivity index (χ4v) is 8.94. The van der Waals surface area contributed by atoms with Crippen LogP contribution in [0.1, 0.15) is 98.1 Å². The summed E-state index contributed by atoms with van der Waals surface area (Å²) in [5, 5.41) is 7.19. The molecule has 46 heavy (non-hydrogen) atoms. The summed E-state index contributed by atoms with van der Waals surface area (Å²) in [6.45, 7) is 4.46. The number of carbonyl (C=O) groups excluding carboxylic acids is 1. The zero-order valence-electron chi connectivity index (χ0n) is 26.8. The zero-order valence-corrected chi connectivity index (χ0v) is 26.8. The molecule has 9 rings (SSSR count). The summed E-state index contributed by atoms with van der Waals surface area (Å²) >= 11 is 0. The molecule has 1 spiro atoms. The van der Waals surface area contributed by atoms with Crippen molar-refractivity contribution in [2.45, 2.75) is 83.2 Å². The fourth-order valence-electron chi connectivity index (χ4n) is 8.94. The number of allylic oxidation sites excluding steroid dienone is 1. The van der Waals surface area contributed by atoms with Gasteiger partial charge in [0.15, 0.2) is 5.78 Å². The third kappa shape index (κ3) is 4.72. The molecule has 3 N–H and O–H groups in total. The lowest BCUT2D eigenvalue weighted by Gasteiger charge is -2.34. The molecule has 234 valence electrons. The smallest absolute Gasteiger partial charge is 0.170 e. The molecular formula is C40H43N5O. The van der Waals surface area contributed by atoms with Gasteiger partial charge in [-0.25, -0.2) is 4.98 Å². The number of aromatic nitrogens is 2. The van der Waals surface area contributed by atoms with E-state index in [0.717, 1.165) is 103 Å². The van der Waals surface area contributed by atoms with Gasteiger partial charge in [0.05, 0.1) is 22.8 Å². The second-order valence-electron chi connectivity index (χ2n) is 14.6. The summed E-state index contributed by atoms with van der Waals surface area (Å²) < 4.78 is 0. The SMILES string of the molecule is CC1CCC2(CC1)Cc1c(-c3ccc4c(c3)C=CCC(C3CCCN3)=N4)ccc(-c3ccc4nc(C5CCCN5)[nH]c4c3)c1C2=O. The number of imidazole rings is 1. The minimum atomic E-state index is -0.280. The summed E-state index contributed by atoms with van der Waals surface area (Å²) in [5.41, 5.74) is 11.9. The van der Waals surface area contributed by atoms with Crippen LogP contribution in [0.3, 0.4) is 0 Å². The number of ketones is 1. The molecule has 0 radical (unpaired) electrons. The topological polar surface area (TPSA) is 82.2 Å². The largest absolute Gasteiger partial charge is 0.341 e. The van der Waals surface area contributed by atoms with Gasteiger partial charge in [-0.3, -0.25) is 9.79 Å². The highest BCUT2D eigenvalue weighted by Gasteiger charge is 2.48. The highest BCUT2D eigenvalue weighted by molar-refractivity contribution is 6.12. The number of aromatic amines is 1. The molecule has 4 aromatic rings. The van der Waals surface area contributed by atoms with E-state index in [0.29, 0.717) is 23.8 Å². The van der Waals surface area contributed by atoms with E-state index in [1.165, 1.54) is 41.7 Å². The van der Waals surface area contributed by atoms with Crippen molar-refractivity contribution in [2.75, 3.05) is 13.1 Å². The van der Waals surface area contributed by atoms with Crippen LogP contribution < -0.4 is 10.6 Å². The predicted octanol–water partition coefficient (Wildman–Crippen LogP) is 8.50. The molecule has 1 aromatic heterocycles. The van der Waals surface area contributed by atoms with E-state index >= 15 is 0 Å².